The van der Waals surface area contributed by atoms with Gasteiger partial charge in [-0.25, -0.2) is 4.79 Å². The van der Waals surface area contributed by atoms with Crippen molar-refractivity contribution in [3.63, 3.8) is 0 Å². The summed E-state index contributed by atoms with van der Waals surface area (Å²) in [5.74, 6) is 0.988. The normalized spacial score (nSPS) is 9.62. The van der Waals surface area contributed by atoms with Gasteiger partial charge in [-0.1, -0.05) is 13.5 Å². The minimum atomic E-state index is -0.477. The van der Waals surface area contributed by atoms with Crippen molar-refractivity contribution in [1.82, 2.24) is 0 Å². The summed E-state index contributed by atoms with van der Waals surface area (Å²) in [5, 5.41) is 0. The predicted octanol–water partition coefficient (Wildman–Crippen LogP) is 1.79. The number of hydrogen-bond donors (Lipinski definition) is 0. The molecular formula is C11H18O4S. The van der Waals surface area contributed by atoms with E-state index in [0.717, 1.165) is 11.5 Å². The second kappa shape index (κ2) is 9.27. The third-order valence-electron chi connectivity index (χ3n) is 1.58. The molecular weight excluding hydrogens is 228 g/mol. The van der Waals surface area contributed by atoms with Crippen molar-refractivity contribution in [2.24, 2.45) is 0 Å². The zero-order valence-electron chi connectivity index (χ0n) is 9.78. The van der Waals surface area contributed by atoms with Gasteiger partial charge in [-0.15, -0.1) is 0 Å². The average Bonchev–Trinajstić information content (AvgIpc) is 2.24. The molecule has 0 aromatic rings. The van der Waals surface area contributed by atoms with Crippen molar-refractivity contribution in [3.05, 3.63) is 12.2 Å². The van der Waals surface area contributed by atoms with Crippen LogP contribution in [0.5, 0.6) is 0 Å². The maximum atomic E-state index is 11.1. The number of hydrogen-bond acceptors (Lipinski definition) is 5. The second-order valence-electron chi connectivity index (χ2n) is 3.08. The van der Waals surface area contributed by atoms with Crippen molar-refractivity contribution in [3.8, 4) is 0 Å². The SMILES string of the molecule is C=C(C)C(=O)OCCC(=O)OCCSCC. The van der Waals surface area contributed by atoms with E-state index in [-0.39, 0.29) is 19.0 Å². The first-order chi connectivity index (χ1) is 7.57. The van der Waals surface area contributed by atoms with Crippen LogP contribution >= 0.6 is 11.8 Å². The summed E-state index contributed by atoms with van der Waals surface area (Å²) in [6, 6.07) is 0. The van der Waals surface area contributed by atoms with Crippen LogP contribution < -0.4 is 0 Å². The summed E-state index contributed by atoms with van der Waals surface area (Å²) in [6.45, 7) is 7.49. The first-order valence-corrected chi connectivity index (χ1v) is 6.29. The minimum absolute atomic E-state index is 0.0471. The Bertz CT molecular complexity index is 250. The molecule has 0 fully saturated rings. The fraction of sp³-hybridized carbons (Fsp3) is 0.636. The number of thioether (sulfide) groups is 1. The van der Waals surface area contributed by atoms with Gasteiger partial charge in [-0.3, -0.25) is 4.79 Å². The molecule has 0 aliphatic carbocycles. The Labute approximate surface area is 100 Å². The standard InChI is InChI=1S/C11H18O4S/c1-4-16-8-7-14-10(12)5-6-15-11(13)9(2)3/h2,4-8H2,1,3H3. The van der Waals surface area contributed by atoms with Crippen LogP contribution in [0, 0.1) is 0 Å². The maximum Gasteiger partial charge on any atom is 0.333 e. The molecule has 0 rings (SSSR count). The van der Waals surface area contributed by atoms with Gasteiger partial charge in [0.2, 0.25) is 0 Å². The van der Waals surface area contributed by atoms with E-state index < -0.39 is 5.97 Å². The Morgan fingerprint density at radius 3 is 2.50 bits per heavy atom. The molecule has 0 unspecified atom stereocenters. The number of carbonyl (C=O) groups is 2. The lowest BCUT2D eigenvalue weighted by molar-refractivity contribution is -0.147. The lowest BCUT2D eigenvalue weighted by Crippen LogP contribution is -2.13. The zero-order valence-corrected chi connectivity index (χ0v) is 10.6. The molecule has 16 heavy (non-hydrogen) atoms. The Morgan fingerprint density at radius 2 is 1.94 bits per heavy atom. The van der Waals surface area contributed by atoms with Crippen molar-refractivity contribution >= 4 is 23.7 Å². The highest BCUT2D eigenvalue weighted by Crippen LogP contribution is 1.99. The molecule has 0 bridgehead atoms. The third kappa shape index (κ3) is 8.35. The molecule has 0 aromatic heterocycles. The topological polar surface area (TPSA) is 52.6 Å². The molecule has 92 valence electrons. The lowest BCUT2D eigenvalue weighted by Gasteiger charge is -2.05. The molecule has 0 radical (unpaired) electrons. The summed E-state index contributed by atoms with van der Waals surface area (Å²) >= 11 is 1.71. The van der Waals surface area contributed by atoms with E-state index in [1.54, 1.807) is 18.7 Å². The Morgan fingerprint density at radius 1 is 1.25 bits per heavy atom. The molecule has 0 saturated heterocycles. The van der Waals surface area contributed by atoms with E-state index in [1.165, 1.54) is 0 Å². The molecule has 5 heteroatoms. The van der Waals surface area contributed by atoms with E-state index in [4.69, 9.17) is 9.47 Å². The van der Waals surface area contributed by atoms with Crippen molar-refractivity contribution in [2.45, 2.75) is 20.3 Å². The van der Waals surface area contributed by atoms with E-state index in [2.05, 4.69) is 6.58 Å². The lowest BCUT2D eigenvalue weighted by atomic mass is 10.4. The second-order valence-corrected chi connectivity index (χ2v) is 4.48. The van der Waals surface area contributed by atoms with Crippen LogP contribution in [-0.2, 0) is 19.1 Å². The highest BCUT2D eigenvalue weighted by atomic mass is 32.2. The van der Waals surface area contributed by atoms with Crippen LogP contribution in [-0.4, -0.2) is 36.7 Å². The van der Waals surface area contributed by atoms with Gasteiger partial charge in [0.15, 0.2) is 0 Å². The summed E-state index contributed by atoms with van der Waals surface area (Å²) in [7, 11) is 0. The van der Waals surface area contributed by atoms with E-state index in [9.17, 15) is 9.59 Å². The van der Waals surface area contributed by atoms with E-state index >= 15 is 0 Å². The Balaban J connectivity index is 3.44. The van der Waals surface area contributed by atoms with Gasteiger partial charge in [0.25, 0.3) is 0 Å². The predicted molar refractivity (Wildman–Crippen MR) is 64.3 cm³/mol. The molecule has 0 saturated carbocycles. The molecule has 0 heterocycles. The summed E-state index contributed by atoms with van der Waals surface area (Å²) in [4.78, 5) is 22.1. The molecule has 4 nitrogen and oxygen atoms in total. The molecule has 0 atom stereocenters. The van der Waals surface area contributed by atoms with Crippen LogP contribution in [0.15, 0.2) is 12.2 Å². The van der Waals surface area contributed by atoms with Crippen molar-refractivity contribution in [1.29, 1.82) is 0 Å². The number of carbonyl (C=O) groups excluding carboxylic acids is 2. The monoisotopic (exact) mass is 246 g/mol. The largest absolute Gasteiger partial charge is 0.465 e. The zero-order chi connectivity index (χ0) is 12.4. The molecule has 0 aliphatic rings. The van der Waals surface area contributed by atoms with Gasteiger partial charge in [0, 0.05) is 11.3 Å². The minimum Gasteiger partial charge on any atom is -0.465 e. The van der Waals surface area contributed by atoms with Crippen LogP contribution in [0.3, 0.4) is 0 Å². The molecule has 0 N–H and O–H groups in total. The molecule has 0 aliphatic heterocycles. The van der Waals surface area contributed by atoms with Gasteiger partial charge in [0.1, 0.15) is 13.2 Å². The van der Waals surface area contributed by atoms with Gasteiger partial charge in [0.05, 0.1) is 6.42 Å². The van der Waals surface area contributed by atoms with Gasteiger partial charge in [-0.05, 0) is 12.7 Å². The molecule has 0 aromatic carbocycles. The van der Waals surface area contributed by atoms with Crippen LogP contribution in [0.25, 0.3) is 0 Å². The van der Waals surface area contributed by atoms with Crippen molar-refractivity contribution in [2.75, 3.05) is 24.7 Å². The number of esters is 2. The Hall–Kier alpha value is -0.970. The quantitative estimate of drug-likeness (QED) is 0.371. The van der Waals surface area contributed by atoms with Gasteiger partial charge >= 0.3 is 11.9 Å². The van der Waals surface area contributed by atoms with E-state index in [0.29, 0.717) is 12.2 Å². The highest BCUT2D eigenvalue weighted by molar-refractivity contribution is 7.99. The summed E-state index contributed by atoms with van der Waals surface area (Å²) in [5.41, 5.74) is 0.327. The summed E-state index contributed by atoms with van der Waals surface area (Å²) < 4.78 is 9.67. The fourth-order valence-electron chi connectivity index (χ4n) is 0.781. The average molecular weight is 246 g/mol. The first-order valence-electron chi connectivity index (χ1n) is 5.14. The third-order valence-corrected chi connectivity index (χ3v) is 2.45. The van der Waals surface area contributed by atoms with E-state index in [1.807, 2.05) is 6.92 Å². The van der Waals surface area contributed by atoms with Gasteiger partial charge in [-0.2, -0.15) is 11.8 Å². The van der Waals surface area contributed by atoms with Crippen LogP contribution in [0.2, 0.25) is 0 Å². The first kappa shape index (κ1) is 15.0. The number of rotatable bonds is 8. The smallest absolute Gasteiger partial charge is 0.333 e. The van der Waals surface area contributed by atoms with Crippen molar-refractivity contribution < 1.29 is 19.1 Å². The fourth-order valence-corrected chi connectivity index (χ4v) is 1.27. The number of ether oxygens (including phenoxy) is 2. The van der Waals surface area contributed by atoms with Crippen LogP contribution in [0.1, 0.15) is 20.3 Å². The van der Waals surface area contributed by atoms with Gasteiger partial charge < -0.3 is 9.47 Å². The molecule has 0 amide bonds. The summed E-state index contributed by atoms with van der Waals surface area (Å²) in [6.07, 6.45) is 0.0931. The Kier molecular flexibility index (Phi) is 8.71. The maximum absolute atomic E-state index is 11.1. The highest BCUT2D eigenvalue weighted by Gasteiger charge is 2.06. The molecule has 0 spiro atoms. The van der Waals surface area contributed by atoms with Crippen LogP contribution in [0.4, 0.5) is 0 Å².